The number of ether oxygens (including phenoxy) is 1. The number of thioether (sulfide) groups is 1. The Morgan fingerprint density at radius 3 is 2.76 bits per heavy atom. The van der Waals surface area contributed by atoms with E-state index in [2.05, 4.69) is 0 Å². The first-order valence-electron chi connectivity index (χ1n) is 8.91. The second kappa shape index (κ2) is 7.40. The first kappa shape index (κ1) is 19.3. The summed E-state index contributed by atoms with van der Waals surface area (Å²) >= 11 is 1.43. The number of fused-ring (bicyclic) bond motifs is 2. The third kappa shape index (κ3) is 3.53. The zero-order chi connectivity index (χ0) is 20.7. The molecule has 0 radical (unpaired) electrons. The molecule has 8 nitrogen and oxygen atoms in total. The smallest absolute Gasteiger partial charge is 0.352 e. The molecule has 0 saturated carbocycles. The number of carboxylic acids is 1. The largest absolute Gasteiger partial charge is 0.489 e. The summed E-state index contributed by atoms with van der Waals surface area (Å²) < 4.78 is 10.8. The summed E-state index contributed by atoms with van der Waals surface area (Å²) in [5, 5.41) is 10.1. The highest BCUT2D eigenvalue weighted by Gasteiger charge is 2.53. The highest BCUT2D eigenvalue weighted by Crippen LogP contribution is 2.45. The van der Waals surface area contributed by atoms with E-state index in [9.17, 15) is 24.3 Å². The fourth-order valence-electron chi connectivity index (χ4n) is 3.54. The van der Waals surface area contributed by atoms with E-state index in [0.29, 0.717) is 22.7 Å². The number of amides is 1. The first-order valence-corrected chi connectivity index (χ1v) is 9.96. The second-order valence-corrected chi connectivity index (χ2v) is 8.03. The molecule has 1 amide bonds. The predicted octanol–water partition coefficient (Wildman–Crippen LogP) is 2.02. The number of Topliss-reactive ketones (excluding diaryl/α,β-unsaturated/α-hetero) is 1. The van der Waals surface area contributed by atoms with Gasteiger partial charge in [-0.3, -0.25) is 9.69 Å². The van der Waals surface area contributed by atoms with Crippen LogP contribution in [-0.2, 0) is 14.4 Å². The van der Waals surface area contributed by atoms with Crippen molar-refractivity contribution in [1.82, 2.24) is 4.90 Å². The maximum Gasteiger partial charge on any atom is 0.352 e. The van der Waals surface area contributed by atoms with Gasteiger partial charge in [-0.2, -0.15) is 0 Å². The number of carboxylic acid groups (broad SMARTS) is 1. The summed E-state index contributed by atoms with van der Waals surface area (Å²) in [6.07, 6.45) is 0.119. The fraction of sp³-hybridized carbons (Fsp3) is 0.300. The van der Waals surface area contributed by atoms with Gasteiger partial charge in [0.1, 0.15) is 29.4 Å². The summed E-state index contributed by atoms with van der Waals surface area (Å²) in [6, 6.07) is 7.96. The normalized spacial score (nSPS) is 21.0. The number of carbonyl (C=O) groups excluding carboxylic acids is 2. The highest BCUT2D eigenvalue weighted by atomic mass is 32.2. The lowest BCUT2D eigenvalue weighted by Gasteiger charge is -2.49. The highest BCUT2D eigenvalue weighted by molar-refractivity contribution is 8.00. The molecule has 0 spiro atoms. The Morgan fingerprint density at radius 1 is 1.28 bits per heavy atom. The minimum Gasteiger partial charge on any atom is -0.489 e. The molecule has 1 N–H and O–H groups in total. The van der Waals surface area contributed by atoms with Crippen molar-refractivity contribution in [2.45, 2.75) is 18.7 Å². The molecular formula is C20H17NO7S. The zero-order valence-corrected chi connectivity index (χ0v) is 16.2. The van der Waals surface area contributed by atoms with Crippen LogP contribution in [-0.4, -0.2) is 45.4 Å². The van der Waals surface area contributed by atoms with Gasteiger partial charge in [0.2, 0.25) is 5.91 Å². The number of β-lactam (4-membered cyclic amide) rings is 1. The van der Waals surface area contributed by atoms with Crippen molar-refractivity contribution in [2.24, 2.45) is 5.92 Å². The number of ketones is 1. The number of rotatable bonds is 6. The number of hydrogen-bond donors (Lipinski definition) is 1. The monoisotopic (exact) mass is 415 g/mol. The van der Waals surface area contributed by atoms with Crippen LogP contribution < -0.4 is 10.4 Å². The van der Waals surface area contributed by atoms with Gasteiger partial charge in [-0.25, -0.2) is 9.59 Å². The van der Waals surface area contributed by atoms with Crippen LogP contribution in [0.15, 0.2) is 50.8 Å². The average molecular weight is 415 g/mol. The number of benzene rings is 1. The van der Waals surface area contributed by atoms with E-state index >= 15 is 0 Å². The number of hydrogen-bond acceptors (Lipinski definition) is 7. The molecule has 2 aliphatic rings. The van der Waals surface area contributed by atoms with Crippen molar-refractivity contribution in [1.29, 1.82) is 0 Å². The molecule has 9 heteroatoms. The van der Waals surface area contributed by atoms with E-state index in [-0.39, 0.29) is 35.8 Å². The van der Waals surface area contributed by atoms with Gasteiger partial charge in [0.15, 0.2) is 0 Å². The van der Waals surface area contributed by atoms with Gasteiger partial charge in [0.05, 0.1) is 11.3 Å². The topological polar surface area (TPSA) is 114 Å². The summed E-state index contributed by atoms with van der Waals surface area (Å²) in [7, 11) is 0. The van der Waals surface area contributed by atoms with Gasteiger partial charge >= 0.3 is 11.6 Å². The zero-order valence-electron chi connectivity index (χ0n) is 15.4. The standard InChI is InChI=1S/C20H17NO7S/c1-10(22)6-14-18(24)21-17(20(25)26)12(9-29-19(14)21)8-27-13-4-2-11-3-5-16(23)28-15(11)7-13/h2-5,7,14,19H,6,8-9H2,1H3,(H,25,26)/t14-,19-/m1/s1. The van der Waals surface area contributed by atoms with Crippen LogP contribution in [0.1, 0.15) is 13.3 Å². The van der Waals surface area contributed by atoms with E-state index in [4.69, 9.17) is 9.15 Å². The van der Waals surface area contributed by atoms with E-state index in [0.717, 1.165) is 5.39 Å². The van der Waals surface area contributed by atoms with Crippen LogP contribution in [0, 0.1) is 5.92 Å². The lowest BCUT2D eigenvalue weighted by Crippen LogP contribution is -2.61. The van der Waals surface area contributed by atoms with Crippen molar-refractivity contribution < 1.29 is 28.6 Å². The van der Waals surface area contributed by atoms with Crippen LogP contribution in [0.2, 0.25) is 0 Å². The van der Waals surface area contributed by atoms with Gasteiger partial charge in [0, 0.05) is 35.3 Å². The van der Waals surface area contributed by atoms with E-state index in [1.165, 1.54) is 29.7 Å². The molecule has 4 rings (SSSR count). The molecule has 1 aromatic carbocycles. The van der Waals surface area contributed by atoms with Crippen molar-refractivity contribution >= 4 is 40.4 Å². The minimum atomic E-state index is -1.20. The second-order valence-electron chi connectivity index (χ2n) is 6.92. The Hall–Kier alpha value is -3.07. The van der Waals surface area contributed by atoms with Gasteiger partial charge in [-0.15, -0.1) is 11.8 Å². The third-order valence-corrected chi connectivity index (χ3v) is 6.27. The Morgan fingerprint density at radius 2 is 2.03 bits per heavy atom. The number of nitrogens with zero attached hydrogens (tertiary/aromatic N) is 1. The average Bonchev–Trinajstić information content (AvgIpc) is 2.69. The Bertz CT molecular complexity index is 1120. The lowest BCUT2D eigenvalue weighted by molar-refractivity contribution is -0.153. The molecular weight excluding hydrogens is 398 g/mol. The quantitative estimate of drug-likeness (QED) is 0.563. The molecule has 29 heavy (non-hydrogen) atoms. The van der Waals surface area contributed by atoms with Crippen LogP contribution in [0.3, 0.4) is 0 Å². The van der Waals surface area contributed by atoms with Crippen LogP contribution in [0.25, 0.3) is 11.0 Å². The summed E-state index contributed by atoms with van der Waals surface area (Å²) in [4.78, 5) is 48.2. The lowest BCUT2D eigenvalue weighted by atomic mass is 9.91. The van der Waals surface area contributed by atoms with Gasteiger partial charge in [0.25, 0.3) is 0 Å². The molecule has 150 valence electrons. The first-order chi connectivity index (χ1) is 13.8. The maximum absolute atomic E-state index is 12.4. The van der Waals surface area contributed by atoms with Gasteiger partial charge < -0.3 is 19.1 Å². The number of aliphatic carboxylic acids is 1. The van der Waals surface area contributed by atoms with Crippen LogP contribution in [0.4, 0.5) is 0 Å². The van der Waals surface area contributed by atoms with E-state index in [1.54, 1.807) is 24.3 Å². The van der Waals surface area contributed by atoms with Crippen molar-refractivity contribution in [3.8, 4) is 5.75 Å². The summed E-state index contributed by atoms with van der Waals surface area (Å²) in [6.45, 7) is 1.40. The molecule has 2 atom stereocenters. The third-order valence-electron chi connectivity index (χ3n) is 4.88. The van der Waals surface area contributed by atoms with Crippen molar-refractivity contribution in [3.05, 3.63) is 52.0 Å². The molecule has 1 aromatic heterocycles. The minimum absolute atomic E-state index is 0.0227. The van der Waals surface area contributed by atoms with Gasteiger partial charge in [-0.1, -0.05) is 0 Å². The number of carbonyl (C=O) groups is 3. The molecule has 1 saturated heterocycles. The molecule has 2 aromatic rings. The van der Waals surface area contributed by atoms with Crippen LogP contribution >= 0.6 is 11.8 Å². The summed E-state index contributed by atoms with van der Waals surface area (Å²) in [5.41, 5.74) is 0.288. The molecule has 2 aliphatic heterocycles. The maximum atomic E-state index is 12.4. The Labute approximate surface area is 169 Å². The molecule has 0 unspecified atom stereocenters. The molecule has 3 heterocycles. The van der Waals surface area contributed by atoms with Gasteiger partial charge in [-0.05, 0) is 25.1 Å². The van der Waals surface area contributed by atoms with E-state index in [1.807, 2.05) is 0 Å². The predicted molar refractivity (Wildman–Crippen MR) is 105 cm³/mol. The molecule has 1 fully saturated rings. The Balaban J connectivity index is 1.55. The Kier molecular flexibility index (Phi) is 4.91. The SMILES string of the molecule is CC(=O)C[C@@H]1C(=O)N2C(C(=O)O)=C(COc3ccc4ccc(=O)oc4c3)CS[C@H]12. The van der Waals surface area contributed by atoms with E-state index < -0.39 is 17.5 Å². The fourth-order valence-corrected chi connectivity index (χ4v) is 4.94. The van der Waals surface area contributed by atoms with Crippen molar-refractivity contribution in [2.75, 3.05) is 12.4 Å². The van der Waals surface area contributed by atoms with Crippen molar-refractivity contribution in [3.63, 3.8) is 0 Å². The molecule has 0 bridgehead atoms. The molecule has 0 aliphatic carbocycles. The van der Waals surface area contributed by atoms with Crippen LogP contribution in [0.5, 0.6) is 5.75 Å². The summed E-state index contributed by atoms with van der Waals surface area (Å²) in [5.74, 6) is -1.32.